The van der Waals surface area contributed by atoms with Crippen molar-refractivity contribution in [1.82, 2.24) is 4.98 Å². The van der Waals surface area contributed by atoms with Gasteiger partial charge >= 0.3 is 5.69 Å². The molecule has 0 bridgehead atoms. The summed E-state index contributed by atoms with van der Waals surface area (Å²) in [4.78, 5) is 25.0. The molecule has 0 aliphatic heterocycles. The maximum absolute atomic E-state index is 11.8. The minimum absolute atomic E-state index is 0.0996. The summed E-state index contributed by atoms with van der Waals surface area (Å²) >= 11 is 0. The molecule has 2 aromatic carbocycles. The van der Waals surface area contributed by atoms with E-state index in [0.29, 0.717) is 0 Å². The van der Waals surface area contributed by atoms with E-state index in [1.54, 1.807) is 0 Å². The molecule has 0 saturated carbocycles. The van der Waals surface area contributed by atoms with Crippen molar-refractivity contribution in [1.29, 1.82) is 0 Å². The van der Waals surface area contributed by atoms with Gasteiger partial charge in [0.2, 0.25) is 5.75 Å². The highest BCUT2D eigenvalue weighted by molar-refractivity contribution is 7.90. The van der Waals surface area contributed by atoms with Crippen molar-refractivity contribution in [3.63, 3.8) is 0 Å². The van der Waals surface area contributed by atoms with Crippen LogP contribution >= 0.6 is 0 Å². The van der Waals surface area contributed by atoms with Crippen LogP contribution in [0.2, 0.25) is 0 Å². The van der Waals surface area contributed by atoms with Crippen molar-refractivity contribution >= 4 is 21.2 Å². The standard InChI is InChI=1S/C18H15N3O7S/c1-29(25,26)13-6-4-11(5-7-13)27-12-9-14(19)17(21(23)24)16(10-12)28-15-3-2-8-20-18(15)22/h2-10H,19H2,1H3,(H,20,22). The molecule has 3 rings (SSSR count). The Morgan fingerprint density at radius 3 is 2.31 bits per heavy atom. The highest BCUT2D eigenvalue weighted by Gasteiger charge is 2.23. The summed E-state index contributed by atoms with van der Waals surface area (Å²) in [5.41, 5.74) is 4.45. The summed E-state index contributed by atoms with van der Waals surface area (Å²) in [5, 5.41) is 11.4. The molecule has 150 valence electrons. The van der Waals surface area contributed by atoms with E-state index < -0.39 is 26.0 Å². The number of nitro benzene ring substituents is 1. The van der Waals surface area contributed by atoms with Gasteiger partial charge in [-0.1, -0.05) is 0 Å². The number of aromatic nitrogens is 1. The van der Waals surface area contributed by atoms with Gasteiger partial charge in [0.15, 0.2) is 15.6 Å². The molecule has 0 radical (unpaired) electrons. The number of pyridine rings is 1. The Balaban J connectivity index is 1.98. The first-order valence-electron chi connectivity index (χ1n) is 8.06. The van der Waals surface area contributed by atoms with Gasteiger partial charge in [-0.15, -0.1) is 0 Å². The van der Waals surface area contributed by atoms with Crippen molar-refractivity contribution in [2.45, 2.75) is 4.90 Å². The molecule has 0 unspecified atom stereocenters. The van der Waals surface area contributed by atoms with Crippen LogP contribution in [0.1, 0.15) is 0 Å². The highest BCUT2D eigenvalue weighted by atomic mass is 32.2. The smallest absolute Gasteiger partial charge is 0.334 e. The molecule has 0 spiro atoms. The second kappa shape index (κ2) is 7.64. The van der Waals surface area contributed by atoms with Gasteiger partial charge in [0.05, 0.1) is 9.82 Å². The van der Waals surface area contributed by atoms with Crippen LogP contribution in [0, 0.1) is 10.1 Å². The Bertz CT molecular complexity index is 1240. The fourth-order valence-corrected chi connectivity index (χ4v) is 3.06. The number of nitrogens with two attached hydrogens (primary N) is 1. The molecule has 0 aliphatic rings. The Morgan fingerprint density at radius 2 is 1.72 bits per heavy atom. The number of nitro groups is 1. The molecule has 10 nitrogen and oxygen atoms in total. The lowest BCUT2D eigenvalue weighted by molar-refractivity contribution is -0.384. The Kier molecular flexibility index (Phi) is 5.24. The topological polar surface area (TPSA) is 155 Å². The van der Waals surface area contributed by atoms with Gasteiger partial charge in [0.1, 0.15) is 17.2 Å². The van der Waals surface area contributed by atoms with Crippen LogP contribution in [0.25, 0.3) is 0 Å². The van der Waals surface area contributed by atoms with E-state index in [0.717, 1.165) is 6.26 Å². The molecular formula is C18H15N3O7S. The summed E-state index contributed by atoms with van der Waals surface area (Å²) in [6.45, 7) is 0. The summed E-state index contributed by atoms with van der Waals surface area (Å²) in [6.07, 6.45) is 2.46. The van der Waals surface area contributed by atoms with Crippen molar-refractivity contribution < 1.29 is 22.8 Å². The number of benzene rings is 2. The van der Waals surface area contributed by atoms with Crippen LogP contribution in [0.3, 0.4) is 0 Å². The molecule has 29 heavy (non-hydrogen) atoms. The lowest BCUT2D eigenvalue weighted by atomic mass is 10.2. The first-order valence-corrected chi connectivity index (χ1v) is 9.96. The second-order valence-electron chi connectivity index (χ2n) is 5.93. The molecule has 0 aliphatic carbocycles. The van der Waals surface area contributed by atoms with Gasteiger partial charge in [0.25, 0.3) is 5.56 Å². The van der Waals surface area contributed by atoms with Gasteiger partial charge in [-0.3, -0.25) is 14.9 Å². The molecule has 1 aromatic heterocycles. The Hall–Kier alpha value is -3.86. The number of anilines is 1. The molecule has 3 aromatic rings. The third kappa shape index (κ3) is 4.52. The zero-order valence-electron chi connectivity index (χ0n) is 15.0. The number of nitrogen functional groups attached to an aromatic ring is 1. The third-order valence-corrected chi connectivity index (χ3v) is 4.88. The van der Waals surface area contributed by atoms with Crippen LogP contribution in [0.4, 0.5) is 11.4 Å². The summed E-state index contributed by atoms with van der Waals surface area (Å²) < 4.78 is 34.1. The third-order valence-electron chi connectivity index (χ3n) is 3.75. The first-order chi connectivity index (χ1) is 13.6. The largest absolute Gasteiger partial charge is 0.457 e. The second-order valence-corrected chi connectivity index (χ2v) is 7.94. The van der Waals surface area contributed by atoms with E-state index in [9.17, 15) is 23.3 Å². The molecule has 0 fully saturated rings. The van der Waals surface area contributed by atoms with Crippen LogP contribution in [-0.4, -0.2) is 24.6 Å². The Labute approximate surface area is 164 Å². The maximum Gasteiger partial charge on any atom is 0.334 e. The lowest BCUT2D eigenvalue weighted by Gasteiger charge is -2.11. The van der Waals surface area contributed by atoms with Crippen molar-refractivity contribution in [3.05, 3.63) is 75.2 Å². The van der Waals surface area contributed by atoms with Crippen LogP contribution in [0.5, 0.6) is 23.0 Å². The molecule has 0 atom stereocenters. The molecule has 0 saturated heterocycles. The summed E-state index contributed by atoms with van der Waals surface area (Å²) in [6, 6.07) is 10.9. The van der Waals surface area contributed by atoms with Crippen LogP contribution in [-0.2, 0) is 9.84 Å². The maximum atomic E-state index is 11.8. The summed E-state index contributed by atoms with van der Waals surface area (Å²) in [7, 11) is -3.36. The highest BCUT2D eigenvalue weighted by Crippen LogP contribution is 2.40. The summed E-state index contributed by atoms with van der Waals surface area (Å²) in [5.74, 6) is -0.0733. The van der Waals surface area contributed by atoms with Gasteiger partial charge in [-0.05, 0) is 36.4 Å². The van der Waals surface area contributed by atoms with Crippen molar-refractivity contribution in [2.75, 3.05) is 12.0 Å². The number of rotatable bonds is 6. The normalized spacial score (nSPS) is 11.1. The number of hydrogen-bond donors (Lipinski definition) is 2. The fraction of sp³-hybridized carbons (Fsp3) is 0.0556. The minimum Gasteiger partial charge on any atom is -0.457 e. The average Bonchev–Trinajstić information content (AvgIpc) is 2.62. The number of H-pyrrole nitrogens is 1. The van der Waals surface area contributed by atoms with Crippen LogP contribution in [0.15, 0.2) is 64.4 Å². The van der Waals surface area contributed by atoms with E-state index in [1.165, 1.54) is 54.7 Å². The van der Waals surface area contributed by atoms with Crippen molar-refractivity contribution in [2.24, 2.45) is 0 Å². The number of sulfone groups is 1. The van der Waals surface area contributed by atoms with Gasteiger partial charge in [0, 0.05) is 24.6 Å². The SMILES string of the molecule is CS(=O)(=O)c1ccc(Oc2cc(N)c([N+](=O)[O-])c(Oc3ccc[nH]c3=O)c2)cc1. The predicted molar refractivity (Wildman–Crippen MR) is 104 cm³/mol. The zero-order valence-corrected chi connectivity index (χ0v) is 15.8. The van der Waals surface area contributed by atoms with E-state index in [4.69, 9.17) is 15.2 Å². The Morgan fingerprint density at radius 1 is 1.03 bits per heavy atom. The van der Waals surface area contributed by atoms with Crippen LogP contribution < -0.4 is 20.8 Å². The quantitative estimate of drug-likeness (QED) is 0.352. The molecule has 0 amide bonds. The zero-order chi connectivity index (χ0) is 21.2. The number of ether oxygens (including phenoxy) is 2. The van der Waals surface area contributed by atoms with E-state index >= 15 is 0 Å². The van der Waals surface area contributed by atoms with Gasteiger partial charge < -0.3 is 20.2 Å². The molecular weight excluding hydrogens is 402 g/mol. The van der Waals surface area contributed by atoms with Crippen molar-refractivity contribution in [3.8, 4) is 23.0 Å². The van der Waals surface area contributed by atoms with E-state index in [2.05, 4.69) is 4.98 Å². The van der Waals surface area contributed by atoms with E-state index in [1.807, 2.05) is 0 Å². The molecule has 3 N–H and O–H groups in total. The number of nitrogens with one attached hydrogen (secondary N) is 1. The number of hydrogen-bond acceptors (Lipinski definition) is 8. The predicted octanol–water partition coefficient (Wildman–Crippen LogP) is 2.85. The lowest BCUT2D eigenvalue weighted by Crippen LogP contribution is -2.08. The van der Waals surface area contributed by atoms with Gasteiger partial charge in [-0.2, -0.15) is 0 Å². The minimum atomic E-state index is -3.36. The number of aromatic amines is 1. The molecule has 1 heterocycles. The molecule has 11 heteroatoms. The number of nitrogens with zero attached hydrogens (tertiary/aromatic N) is 1. The average molecular weight is 417 g/mol. The fourth-order valence-electron chi connectivity index (χ4n) is 2.43. The van der Waals surface area contributed by atoms with E-state index in [-0.39, 0.29) is 33.6 Å². The first kappa shape index (κ1) is 19.9. The van der Waals surface area contributed by atoms with Gasteiger partial charge in [-0.25, -0.2) is 8.42 Å². The monoisotopic (exact) mass is 417 g/mol.